The van der Waals surface area contributed by atoms with Crippen molar-refractivity contribution in [3.05, 3.63) is 29.3 Å². The van der Waals surface area contributed by atoms with Gasteiger partial charge in [0.05, 0.1) is 0 Å². The molecular weight excluding hydrogens is 272 g/mol. The van der Waals surface area contributed by atoms with Crippen molar-refractivity contribution in [2.24, 2.45) is 0 Å². The second-order valence-electron chi connectivity index (χ2n) is 3.58. The maximum atomic E-state index is 11.5. The third kappa shape index (κ3) is 6.74. The fraction of sp³-hybridized carbons (Fsp3) is 0.417. The fourth-order valence-corrected chi connectivity index (χ4v) is 2.12. The van der Waals surface area contributed by atoms with Crippen molar-refractivity contribution >= 4 is 35.1 Å². The maximum absolute atomic E-state index is 11.5. The Labute approximate surface area is 116 Å². The molecule has 0 aliphatic heterocycles. The number of rotatable bonds is 7. The number of hydrogen-bond donors (Lipinski definition) is 3. The van der Waals surface area contributed by atoms with Crippen LogP contribution < -0.4 is 10.6 Å². The van der Waals surface area contributed by atoms with Crippen molar-refractivity contribution in [2.75, 3.05) is 30.0 Å². The summed E-state index contributed by atoms with van der Waals surface area (Å²) >= 11 is 7.45. The van der Waals surface area contributed by atoms with Crippen LogP contribution in [-0.2, 0) is 0 Å². The zero-order valence-electron chi connectivity index (χ0n) is 9.99. The molecule has 0 fully saturated rings. The van der Waals surface area contributed by atoms with E-state index in [1.54, 1.807) is 36.0 Å². The van der Waals surface area contributed by atoms with Gasteiger partial charge >= 0.3 is 6.03 Å². The van der Waals surface area contributed by atoms with E-state index in [-0.39, 0.29) is 12.6 Å². The molecule has 0 spiro atoms. The summed E-state index contributed by atoms with van der Waals surface area (Å²) in [5.74, 6) is 1.75. The highest BCUT2D eigenvalue weighted by Gasteiger charge is 2.00. The standard InChI is InChI=1S/C12H17ClN2O2S/c13-10-2-4-11(5-3-10)15-12(17)14-6-9-18-8-1-7-16/h2-5,16H,1,6-9H2,(H2,14,15,17). The first-order chi connectivity index (χ1) is 8.72. The number of aliphatic hydroxyl groups excluding tert-OH is 1. The van der Waals surface area contributed by atoms with Crippen LogP contribution in [0, 0.1) is 0 Å². The van der Waals surface area contributed by atoms with Gasteiger partial charge in [-0.3, -0.25) is 0 Å². The van der Waals surface area contributed by atoms with E-state index in [0.29, 0.717) is 17.3 Å². The van der Waals surface area contributed by atoms with Crippen molar-refractivity contribution in [1.82, 2.24) is 5.32 Å². The number of carbonyl (C=O) groups is 1. The lowest BCUT2D eigenvalue weighted by atomic mass is 10.3. The largest absolute Gasteiger partial charge is 0.396 e. The second-order valence-corrected chi connectivity index (χ2v) is 5.24. The highest BCUT2D eigenvalue weighted by molar-refractivity contribution is 7.99. The van der Waals surface area contributed by atoms with Crippen LogP contribution in [0.5, 0.6) is 0 Å². The minimum Gasteiger partial charge on any atom is -0.396 e. The number of anilines is 1. The van der Waals surface area contributed by atoms with Gasteiger partial charge < -0.3 is 15.7 Å². The summed E-state index contributed by atoms with van der Waals surface area (Å²) in [4.78, 5) is 11.5. The molecule has 0 aliphatic rings. The number of urea groups is 1. The van der Waals surface area contributed by atoms with Gasteiger partial charge in [0.25, 0.3) is 0 Å². The van der Waals surface area contributed by atoms with E-state index in [4.69, 9.17) is 16.7 Å². The van der Waals surface area contributed by atoms with Crippen LogP contribution in [0.3, 0.4) is 0 Å². The Kier molecular flexibility index (Phi) is 7.64. The Hall–Kier alpha value is -0.910. The Morgan fingerprint density at radius 1 is 1.28 bits per heavy atom. The first kappa shape index (κ1) is 15.1. The van der Waals surface area contributed by atoms with Gasteiger partial charge in [-0.2, -0.15) is 11.8 Å². The number of nitrogens with one attached hydrogen (secondary N) is 2. The van der Waals surface area contributed by atoms with E-state index in [1.807, 2.05) is 0 Å². The van der Waals surface area contributed by atoms with Gasteiger partial charge in [-0.25, -0.2) is 4.79 Å². The number of thioether (sulfide) groups is 1. The topological polar surface area (TPSA) is 61.4 Å². The van der Waals surface area contributed by atoms with Crippen molar-refractivity contribution in [3.8, 4) is 0 Å². The van der Waals surface area contributed by atoms with Crippen molar-refractivity contribution < 1.29 is 9.90 Å². The molecule has 0 saturated heterocycles. The van der Waals surface area contributed by atoms with Crippen molar-refractivity contribution in [2.45, 2.75) is 6.42 Å². The zero-order valence-corrected chi connectivity index (χ0v) is 11.6. The molecule has 0 aromatic heterocycles. The van der Waals surface area contributed by atoms with Crippen LogP contribution in [0.1, 0.15) is 6.42 Å². The minimum absolute atomic E-state index is 0.220. The van der Waals surface area contributed by atoms with Crippen LogP contribution >= 0.6 is 23.4 Å². The minimum atomic E-state index is -0.222. The first-order valence-corrected chi connectivity index (χ1v) is 7.24. The second kappa shape index (κ2) is 9.08. The summed E-state index contributed by atoms with van der Waals surface area (Å²) in [7, 11) is 0. The maximum Gasteiger partial charge on any atom is 0.319 e. The van der Waals surface area contributed by atoms with E-state index >= 15 is 0 Å². The normalized spacial score (nSPS) is 10.1. The number of hydrogen-bond acceptors (Lipinski definition) is 3. The third-order valence-corrected chi connectivity index (χ3v) is 3.40. The Balaban J connectivity index is 2.12. The fourth-order valence-electron chi connectivity index (χ4n) is 1.21. The van der Waals surface area contributed by atoms with Gasteiger partial charge in [-0.1, -0.05) is 11.6 Å². The number of aliphatic hydroxyl groups is 1. The molecular formula is C12H17ClN2O2S. The highest BCUT2D eigenvalue weighted by atomic mass is 35.5. The Morgan fingerprint density at radius 2 is 2.00 bits per heavy atom. The van der Waals surface area contributed by atoms with Crippen molar-refractivity contribution in [1.29, 1.82) is 0 Å². The molecule has 0 bridgehead atoms. The number of amides is 2. The molecule has 6 heteroatoms. The Bertz CT molecular complexity index is 360. The van der Waals surface area contributed by atoms with E-state index in [2.05, 4.69) is 10.6 Å². The molecule has 0 unspecified atom stereocenters. The molecule has 0 saturated carbocycles. The van der Waals surface area contributed by atoms with Crippen LogP contribution in [0.25, 0.3) is 0 Å². The lowest BCUT2D eigenvalue weighted by Crippen LogP contribution is -2.30. The molecule has 0 radical (unpaired) electrons. The molecule has 3 N–H and O–H groups in total. The average Bonchev–Trinajstić information content (AvgIpc) is 2.36. The third-order valence-electron chi connectivity index (χ3n) is 2.08. The lowest BCUT2D eigenvalue weighted by molar-refractivity contribution is 0.252. The molecule has 100 valence electrons. The summed E-state index contributed by atoms with van der Waals surface area (Å²) in [5.41, 5.74) is 0.713. The molecule has 0 heterocycles. The van der Waals surface area contributed by atoms with Gasteiger partial charge in [0.2, 0.25) is 0 Å². The summed E-state index contributed by atoms with van der Waals surface area (Å²) in [6, 6.07) is 6.72. The Morgan fingerprint density at radius 3 is 2.67 bits per heavy atom. The predicted octanol–water partition coefficient (Wildman–Crippen LogP) is 2.58. The van der Waals surface area contributed by atoms with Crippen LogP contribution in [-0.4, -0.2) is 35.8 Å². The van der Waals surface area contributed by atoms with Gasteiger partial charge in [0.1, 0.15) is 0 Å². The molecule has 18 heavy (non-hydrogen) atoms. The van der Waals surface area contributed by atoms with Gasteiger partial charge in [-0.05, 0) is 36.4 Å². The van der Waals surface area contributed by atoms with Crippen LogP contribution in [0.4, 0.5) is 10.5 Å². The summed E-state index contributed by atoms with van der Waals surface area (Å²) in [6.07, 6.45) is 0.793. The van der Waals surface area contributed by atoms with E-state index in [1.165, 1.54) is 0 Å². The molecule has 1 aromatic rings. The molecule has 2 amide bonds. The smallest absolute Gasteiger partial charge is 0.319 e. The average molecular weight is 289 g/mol. The van der Waals surface area contributed by atoms with Crippen LogP contribution in [0.15, 0.2) is 24.3 Å². The predicted molar refractivity (Wildman–Crippen MR) is 77.5 cm³/mol. The van der Waals surface area contributed by atoms with Crippen molar-refractivity contribution in [3.63, 3.8) is 0 Å². The molecule has 4 nitrogen and oxygen atoms in total. The quantitative estimate of drug-likeness (QED) is 0.676. The van der Waals surface area contributed by atoms with Gasteiger partial charge in [0, 0.05) is 29.6 Å². The molecule has 1 rings (SSSR count). The van der Waals surface area contributed by atoms with E-state index in [9.17, 15) is 4.79 Å². The first-order valence-electron chi connectivity index (χ1n) is 5.71. The highest BCUT2D eigenvalue weighted by Crippen LogP contribution is 2.12. The number of benzene rings is 1. The summed E-state index contributed by atoms with van der Waals surface area (Å²) in [6.45, 7) is 0.826. The zero-order chi connectivity index (χ0) is 13.2. The van der Waals surface area contributed by atoms with E-state index in [0.717, 1.165) is 17.9 Å². The molecule has 0 aliphatic carbocycles. The summed E-state index contributed by atoms with van der Waals surface area (Å²) < 4.78 is 0. The SMILES string of the molecule is O=C(NCCSCCCO)Nc1ccc(Cl)cc1. The molecule has 0 atom stereocenters. The summed E-state index contributed by atoms with van der Waals surface area (Å²) in [5, 5.41) is 14.7. The monoisotopic (exact) mass is 288 g/mol. The van der Waals surface area contributed by atoms with Gasteiger partial charge in [0.15, 0.2) is 0 Å². The van der Waals surface area contributed by atoms with E-state index < -0.39 is 0 Å². The number of halogens is 1. The van der Waals surface area contributed by atoms with Gasteiger partial charge in [-0.15, -0.1) is 0 Å². The molecule has 1 aromatic carbocycles. The lowest BCUT2D eigenvalue weighted by Gasteiger charge is -2.07. The van der Waals surface area contributed by atoms with Crippen LogP contribution in [0.2, 0.25) is 5.02 Å². The number of carbonyl (C=O) groups excluding carboxylic acids is 1.